The van der Waals surface area contributed by atoms with Crippen molar-refractivity contribution in [1.82, 2.24) is 4.90 Å². The number of nitrogens with zero attached hydrogens (tertiary/aromatic N) is 2. The summed E-state index contributed by atoms with van der Waals surface area (Å²) in [5, 5.41) is 11.3. The van der Waals surface area contributed by atoms with Crippen LogP contribution in [-0.4, -0.2) is 57.5 Å². The number of carbonyl (C=O) groups excluding carboxylic acids is 4. The Hall–Kier alpha value is -2.88. The molecule has 6 atom stereocenters. The molecule has 0 radical (unpaired) electrons. The molecule has 2 aliphatic carbocycles. The summed E-state index contributed by atoms with van der Waals surface area (Å²) in [5.74, 6) is -5.48. The van der Waals surface area contributed by atoms with Crippen molar-refractivity contribution in [3.05, 3.63) is 63.6 Å². The van der Waals surface area contributed by atoms with Crippen LogP contribution in [-0.2, 0) is 25.6 Å². The second-order valence-electron chi connectivity index (χ2n) is 11.1. The van der Waals surface area contributed by atoms with Gasteiger partial charge in [-0.25, -0.2) is 0 Å². The van der Waals surface area contributed by atoms with Crippen LogP contribution in [0.3, 0.4) is 0 Å². The smallest absolute Gasteiger partial charge is 0.253 e. The van der Waals surface area contributed by atoms with Gasteiger partial charge in [0.2, 0.25) is 11.8 Å². The summed E-state index contributed by atoms with van der Waals surface area (Å²) in [7, 11) is 2.71. The number of benzene rings is 2. The van der Waals surface area contributed by atoms with E-state index in [9.17, 15) is 24.3 Å². The molecule has 8 nitrogen and oxygen atoms in total. The number of likely N-dealkylation sites (tertiary alicyclic amines) is 1. The molecule has 0 bridgehead atoms. The lowest BCUT2D eigenvalue weighted by molar-refractivity contribution is -0.138. The van der Waals surface area contributed by atoms with Crippen LogP contribution in [0.25, 0.3) is 0 Å². The summed E-state index contributed by atoms with van der Waals surface area (Å²) >= 11 is 17.8. The van der Waals surface area contributed by atoms with Gasteiger partial charge in [-0.05, 0) is 55.0 Å². The van der Waals surface area contributed by atoms with Gasteiger partial charge in [0.05, 0.1) is 24.6 Å². The van der Waals surface area contributed by atoms with Crippen LogP contribution < -0.4 is 9.64 Å². The first-order valence-electron chi connectivity index (χ1n) is 13.3. The number of carbonyl (C=O) groups is 4. The van der Waals surface area contributed by atoms with Gasteiger partial charge in [0.15, 0.2) is 21.2 Å². The maximum atomic E-state index is 14.1. The van der Waals surface area contributed by atoms with Crippen molar-refractivity contribution in [1.29, 1.82) is 0 Å². The van der Waals surface area contributed by atoms with E-state index in [1.807, 2.05) is 25.1 Å². The molecule has 4 aliphatic rings. The van der Waals surface area contributed by atoms with Gasteiger partial charge in [-0.1, -0.05) is 46.6 Å². The Kier molecular flexibility index (Phi) is 6.60. The van der Waals surface area contributed by atoms with Gasteiger partial charge >= 0.3 is 0 Å². The minimum absolute atomic E-state index is 0.121. The van der Waals surface area contributed by atoms with Gasteiger partial charge in [0.25, 0.3) is 11.8 Å². The van der Waals surface area contributed by atoms with E-state index in [1.165, 1.54) is 19.1 Å². The summed E-state index contributed by atoms with van der Waals surface area (Å²) in [5.41, 5.74) is 2.37. The Morgan fingerprint density at radius 3 is 2.37 bits per heavy atom. The molecule has 2 heterocycles. The normalized spacial score (nSPS) is 32.6. The van der Waals surface area contributed by atoms with Crippen molar-refractivity contribution in [2.45, 2.75) is 41.9 Å². The highest BCUT2D eigenvalue weighted by molar-refractivity contribution is 9.10. The average molecular weight is 662 g/mol. The monoisotopic (exact) mass is 660 g/mol. The molecule has 1 saturated carbocycles. The van der Waals surface area contributed by atoms with Crippen molar-refractivity contribution in [2.75, 3.05) is 19.1 Å². The van der Waals surface area contributed by atoms with E-state index in [-0.39, 0.29) is 41.7 Å². The van der Waals surface area contributed by atoms with Crippen LogP contribution in [0.1, 0.15) is 36.8 Å². The number of rotatable bonds is 4. The first-order valence-corrected chi connectivity index (χ1v) is 14.9. The van der Waals surface area contributed by atoms with Crippen LogP contribution in [0.15, 0.2) is 52.5 Å². The zero-order valence-electron chi connectivity index (χ0n) is 22.5. The van der Waals surface area contributed by atoms with E-state index in [0.717, 1.165) is 16.9 Å². The number of allylic oxidation sites excluding steroid dienone is 2. The molecule has 0 unspecified atom stereocenters. The van der Waals surface area contributed by atoms with Crippen molar-refractivity contribution in [3.8, 4) is 11.5 Å². The Labute approximate surface area is 255 Å². The number of phenolic OH excluding ortho intramolecular Hbond substituents is 1. The third-order valence-electron chi connectivity index (χ3n) is 9.22. The quantitative estimate of drug-likeness (QED) is 0.284. The maximum Gasteiger partial charge on any atom is 0.253 e. The SMILES string of the molecule is CCc1ccc(N2C(=O)[C@H]3[C@H](CC=C4[C@H]3C[C@@]3(Cl)C(=O)N(C)C(=O)[C@@]3(Cl)[C@H]4c3cc(Br)cc(OC)c3O)C2=O)cc1. The third kappa shape index (κ3) is 3.64. The molecule has 2 aliphatic heterocycles. The molecular formula is C30H27BrCl2N2O6. The molecule has 0 spiro atoms. The van der Waals surface area contributed by atoms with E-state index < -0.39 is 45.2 Å². The molecule has 3 fully saturated rings. The van der Waals surface area contributed by atoms with Gasteiger partial charge in [0, 0.05) is 23.0 Å². The van der Waals surface area contributed by atoms with Crippen LogP contribution in [0.5, 0.6) is 11.5 Å². The number of halogens is 3. The number of methoxy groups -OCH3 is 1. The molecule has 11 heteroatoms. The van der Waals surface area contributed by atoms with Gasteiger partial charge in [-0.3, -0.25) is 29.0 Å². The largest absolute Gasteiger partial charge is 0.504 e. The number of hydrogen-bond donors (Lipinski definition) is 1. The number of alkyl halides is 2. The number of ether oxygens (including phenoxy) is 1. The van der Waals surface area contributed by atoms with E-state index in [1.54, 1.807) is 24.3 Å². The van der Waals surface area contributed by atoms with Crippen LogP contribution in [0.2, 0.25) is 0 Å². The van der Waals surface area contributed by atoms with Gasteiger partial charge < -0.3 is 9.84 Å². The highest BCUT2D eigenvalue weighted by Gasteiger charge is 2.76. The molecule has 2 saturated heterocycles. The Morgan fingerprint density at radius 2 is 1.73 bits per heavy atom. The van der Waals surface area contributed by atoms with E-state index in [0.29, 0.717) is 15.7 Å². The first-order chi connectivity index (χ1) is 19.4. The van der Waals surface area contributed by atoms with Gasteiger partial charge in [-0.15, -0.1) is 23.2 Å². The number of anilines is 1. The lowest BCUT2D eigenvalue weighted by Crippen LogP contribution is -2.60. The topological polar surface area (TPSA) is 104 Å². The summed E-state index contributed by atoms with van der Waals surface area (Å²) < 4.78 is 5.91. The Morgan fingerprint density at radius 1 is 1.05 bits per heavy atom. The third-order valence-corrected chi connectivity index (χ3v) is 11.1. The van der Waals surface area contributed by atoms with Crippen molar-refractivity contribution >= 4 is 68.4 Å². The minimum atomic E-state index is -2.00. The molecule has 0 aromatic heterocycles. The van der Waals surface area contributed by atoms with E-state index >= 15 is 0 Å². The second-order valence-corrected chi connectivity index (χ2v) is 13.2. The Bertz CT molecular complexity index is 1560. The van der Waals surface area contributed by atoms with Crippen LogP contribution in [0, 0.1) is 17.8 Å². The summed E-state index contributed by atoms with van der Waals surface area (Å²) in [4.78, 5) is 53.3. The summed E-state index contributed by atoms with van der Waals surface area (Å²) in [6.45, 7) is 2.02. The molecule has 2 aromatic carbocycles. The van der Waals surface area contributed by atoms with Gasteiger partial charge in [-0.2, -0.15) is 0 Å². The summed E-state index contributed by atoms with van der Waals surface area (Å²) in [6, 6.07) is 10.5. The fourth-order valence-electron chi connectivity index (χ4n) is 7.19. The zero-order valence-corrected chi connectivity index (χ0v) is 25.6. The first kappa shape index (κ1) is 28.2. The fourth-order valence-corrected chi connectivity index (χ4v) is 8.66. The molecular weight excluding hydrogens is 635 g/mol. The lowest BCUT2D eigenvalue weighted by Gasteiger charge is -2.50. The van der Waals surface area contributed by atoms with Crippen LogP contribution in [0.4, 0.5) is 5.69 Å². The average Bonchev–Trinajstić information content (AvgIpc) is 3.29. The number of fused-ring (bicyclic) bond motifs is 4. The lowest BCUT2D eigenvalue weighted by atomic mass is 9.56. The number of aryl methyl sites for hydroxylation is 1. The molecule has 214 valence electrons. The highest BCUT2D eigenvalue weighted by atomic mass is 79.9. The molecule has 2 aromatic rings. The number of imide groups is 2. The maximum absolute atomic E-state index is 14.1. The molecule has 4 amide bonds. The number of hydrogen-bond acceptors (Lipinski definition) is 6. The zero-order chi connectivity index (χ0) is 29.6. The molecule has 6 rings (SSSR count). The second kappa shape index (κ2) is 9.57. The minimum Gasteiger partial charge on any atom is -0.504 e. The van der Waals surface area contributed by atoms with Crippen molar-refractivity contribution in [3.63, 3.8) is 0 Å². The number of amides is 4. The van der Waals surface area contributed by atoms with E-state index in [4.69, 9.17) is 27.9 Å². The molecule has 41 heavy (non-hydrogen) atoms. The van der Waals surface area contributed by atoms with E-state index in [2.05, 4.69) is 15.9 Å². The predicted molar refractivity (Wildman–Crippen MR) is 156 cm³/mol. The summed E-state index contributed by atoms with van der Waals surface area (Å²) in [6.07, 6.45) is 2.75. The number of aromatic hydroxyl groups is 1. The molecule has 1 N–H and O–H groups in total. The Balaban J connectivity index is 1.53. The predicted octanol–water partition coefficient (Wildman–Crippen LogP) is 4.92. The fraction of sp³-hybridized carbons (Fsp3) is 0.400. The van der Waals surface area contributed by atoms with Crippen molar-refractivity contribution < 1.29 is 29.0 Å². The standard InChI is InChI=1S/C30H27BrCl2N2O6/c1-4-14-5-7-16(8-6-14)35-25(37)18-10-9-17-20(22(18)26(35)38)13-29(32)27(39)34(2)28(40)30(29,33)23(17)19-11-15(31)12-21(41-3)24(19)36/h5-9,11-12,18,20,22-23,36H,4,10,13H2,1-3H3/t18-,20+,22-,23+,29+,30-/m0/s1. The highest BCUT2D eigenvalue weighted by Crippen LogP contribution is 2.66. The van der Waals surface area contributed by atoms with Crippen LogP contribution >= 0.6 is 39.1 Å². The van der Waals surface area contributed by atoms with Gasteiger partial charge in [0.1, 0.15) is 0 Å². The number of phenols is 1. The van der Waals surface area contributed by atoms with Crippen molar-refractivity contribution in [2.24, 2.45) is 17.8 Å².